The van der Waals surface area contributed by atoms with Gasteiger partial charge in [0.25, 0.3) is 5.91 Å². The van der Waals surface area contributed by atoms with Crippen LogP contribution in [0.3, 0.4) is 0 Å². The highest BCUT2D eigenvalue weighted by molar-refractivity contribution is 7.95. The van der Waals surface area contributed by atoms with Crippen molar-refractivity contribution in [2.75, 3.05) is 0 Å². The number of carbonyl (C=O) groups is 1. The molecule has 19 heavy (non-hydrogen) atoms. The first kappa shape index (κ1) is 15.4. The quantitative estimate of drug-likeness (QED) is 0.466. The van der Waals surface area contributed by atoms with Gasteiger partial charge in [-0.15, -0.1) is 0 Å². The minimum absolute atomic E-state index is 0.241. The Hall–Kier alpha value is -1.66. The first-order valence-electron chi connectivity index (χ1n) is 5.98. The Labute approximate surface area is 113 Å². The summed E-state index contributed by atoms with van der Waals surface area (Å²) < 4.78 is 24.2. The lowest BCUT2D eigenvalue weighted by Crippen LogP contribution is -2.42. The van der Waals surface area contributed by atoms with Crippen LogP contribution in [-0.4, -0.2) is 19.6 Å². The van der Waals surface area contributed by atoms with E-state index in [0.717, 1.165) is 11.0 Å². The SMILES string of the molecule is CCCC(C(=O)NN)S(=O)(=O)C=Cc1ccccc1. The van der Waals surface area contributed by atoms with E-state index in [1.54, 1.807) is 12.1 Å². The van der Waals surface area contributed by atoms with Crippen LogP contribution in [0, 0.1) is 0 Å². The Balaban J connectivity index is 2.95. The normalized spacial score (nSPS) is 13.4. The molecule has 1 aromatic rings. The van der Waals surface area contributed by atoms with Crippen LogP contribution in [0.4, 0.5) is 0 Å². The second-order valence-corrected chi connectivity index (χ2v) is 6.11. The van der Waals surface area contributed by atoms with Crippen molar-refractivity contribution in [3.63, 3.8) is 0 Å². The van der Waals surface area contributed by atoms with E-state index in [1.807, 2.05) is 30.5 Å². The van der Waals surface area contributed by atoms with Crippen molar-refractivity contribution in [2.45, 2.75) is 25.0 Å². The maximum absolute atomic E-state index is 12.1. The monoisotopic (exact) mass is 282 g/mol. The zero-order chi connectivity index (χ0) is 14.3. The van der Waals surface area contributed by atoms with Crippen molar-refractivity contribution in [1.82, 2.24) is 5.43 Å². The second kappa shape index (κ2) is 7.06. The van der Waals surface area contributed by atoms with Crippen molar-refractivity contribution in [3.05, 3.63) is 41.3 Å². The number of benzene rings is 1. The maximum Gasteiger partial charge on any atom is 0.252 e. The smallest absolute Gasteiger partial charge is 0.252 e. The van der Waals surface area contributed by atoms with Crippen molar-refractivity contribution in [2.24, 2.45) is 5.84 Å². The zero-order valence-corrected chi connectivity index (χ0v) is 11.6. The lowest BCUT2D eigenvalue weighted by Gasteiger charge is -2.12. The fourth-order valence-electron chi connectivity index (χ4n) is 1.63. The van der Waals surface area contributed by atoms with Crippen LogP contribution < -0.4 is 11.3 Å². The van der Waals surface area contributed by atoms with Gasteiger partial charge in [-0.3, -0.25) is 10.2 Å². The number of nitrogens with one attached hydrogen (secondary N) is 1. The van der Waals surface area contributed by atoms with Crippen molar-refractivity contribution in [3.8, 4) is 0 Å². The molecule has 1 aromatic carbocycles. The van der Waals surface area contributed by atoms with Crippen molar-refractivity contribution < 1.29 is 13.2 Å². The maximum atomic E-state index is 12.1. The molecule has 5 nitrogen and oxygen atoms in total. The molecule has 0 bridgehead atoms. The molecule has 0 spiro atoms. The van der Waals surface area contributed by atoms with Gasteiger partial charge in [-0.2, -0.15) is 0 Å². The molecule has 0 saturated heterocycles. The van der Waals surface area contributed by atoms with E-state index in [1.165, 1.54) is 6.08 Å². The van der Waals surface area contributed by atoms with Crippen LogP contribution in [-0.2, 0) is 14.6 Å². The summed E-state index contributed by atoms with van der Waals surface area (Å²) in [6, 6.07) is 9.02. The van der Waals surface area contributed by atoms with E-state index < -0.39 is 21.0 Å². The Bertz CT molecular complexity index is 538. The van der Waals surface area contributed by atoms with Gasteiger partial charge in [0, 0.05) is 5.41 Å². The van der Waals surface area contributed by atoms with Crippen LogP contribution in [0.25, 0.3) is 6.08 Å². The van der Waals surface area contributed by atoms with Crippen LogP contribution in [0.5, 0.6) is 0 Å². The average molecular weight is 282 g/mol. The highest BCUT2D eigenvalue weighted by atomic mass is 32.2. The largest absolute Gasteiger partial charge is 0.293 e. The van der Waals surface area contributed by atoms with E-state index in [-0.39, 0.29) is 6.42 Å². The lowest BCUT2D eigenvalue weighted by molar-refractivity contribution is -0.120. The number of hydrogen-bond donors (Lipinski definition) is 2. The molecule has 0 aliphatic carbocycles. The third kappa shape index (κ3) is 4.50. The Morgan fingerprint density at radius 2 is 2.00 bits per heavy atom. The molecule has 0 saturated carbocycles. The summed E-state index contributed by atoms with van der Waals surface area (Å²) in [6.07, 6.45) is 2.29. The number of carbonyl (C=O) groups excluding carboxylic acids is 1. The first-order chi connectivity index (χ1) is 9.01. The third-order valence-corrected chi connectivity index (χ3v) is 4.39. The minimum Gasteiger partial charge on any atom is -0.293 e. The highest BCUT2D eigenvalue weighted by Crippen LogP contribution is 2.13. The van der Waals surface area contributed by atoms with Gasteiger partial charge in [-0.25, -0.2) is 14.3 Å². The molecule has 0 heterocycles. The van der Waals surface area contributed by atoms with Crippen LogP contribution >= 0.6 is 0 Å². The van der Waals surface area contributed by atoms with E-state index in [9.17, 15) is 13.2 Å². The molecule has 3 N–H and O–H groups in total. The minimum atomic E-state index is -3.67. The molecule has 0 aromatic heterocycles. The van der Waals surface area contributed by atoms with Gasteiger partial charge in [-0.1, -0.05) is 43.7 Å². The molecule has 0 fully saturated rings. The number of rotatable bonds is 6. The molecular formula is C13H18N2O3S. The molecule has 0 aliphatic heterocycles. The summed E-state index contributed by atoms with van der Waals surface area (Å²) in [4.78, 5) is 11.5. The molecule has 6 heteroatoms. The molecule has 1 unspecified atom stereocenters. The molecule has 1 atom stereocenters. The zero-order valence-electron chi connectivity index (χ0n) is 10.7. The molecular weight excluding hydrogens is 264 g/mol. The number of amides is 1. The number of sulfone groups is 1. The summed E-state index contributed by atoms with van der Waals surface area (Å²) in [6.45, 7) is 1.81. The highest BCUT2D eigenvalue weighted by Gasteiger charge is 2.29. The predicted molar refractivity (Wildman–Crippen MR) is 75.4 cm³/mol. The summed E-state index contributed by atoms with van der Waals surface area (Å²) in [5.74, 6) is 4.34. The summed E-state index contributed by atoms with van der Waals surface area (Å²) in [7, 11) is -3.67. The lowest BCUT2D eigenvalue weighted by atomic mass is 10.2. The van der Waals surface area contributed by atoms with Crippen molar-refractivity contribution >= 4 is 21.8 Å². The van der Waals surface area contributed by atoms with E-state index in [2.05, 4.69) is 0 Å². The number of nitrogens with two attached hydrogens (primary N) is 1. The Morgan fingerprint density at radius 3 is 2.53 bits per heavy atom. The summed E-state index contributed by atoms with van der Waals surface area (Å²) >= 11 is 0. The van der Waals surface area contributed by atoms with E-state index >= 15 is 0 Å². The van der Waals surface area contributed by atoms with Gasteiger partial charge < -0.3 is 0 Å². The molecule has 0 aliphatic rings. The molecule has 104 valence electrons. The van der Waals surface area contributed by atoms with Gasteiger partial charge in [0.2, 0.25) is 0 Å². The fourth-order valence-corrected chi connectivity index (χ4v) is 3.10. The average Bonchev–Trinajstić information content (AvgIpc) is 2.43. The van der Waals surface area contributed by atoms with Gasteiger partial charge in [0.15, 0.2) is 9.84 Å². The topological polar surface area (TPSA) is 89.3 Å². The van der Waals surface area contributed by atoms with Crippen molar-refractivity contribution in [1.29, 1.82) is 0 Å². The van der Waals surface area contributed by atoms with Crippen LogP contribution in [0.2, 0.25) is 0 Å². The number of hydrazine groups is 1. The Kier molecular flexibility index (Phi) is 5.72. The predicted octanol–water partition coefficient (Wildman–Crippen LogP) is 1.23. The van der Waals surface area contributed by atoms with Gasteiger partial charge >= 0.3 is 0 Å². The molecule has 0 radical (unpaired) electrons. The third-order valence-electron chi connectivity index (χ3n) is 2.63. The van der Waals surface area contributed by atoms with Gasteiger partial charge in [0.1, 0.15) is 5.25 Å². The van der Waals surface area contributed by atoms with E-state index in [4.69, 9.17) is 5.84 Å². The molecule has 1 rings (SSSR count). The van der Waals surface area contributed by atoms with Gasteiger partial charge in [0.05, 0.1) is 0 Å². The first-order valence-corrected chi connectivity index (χ1v) is 7.59. The van der Waals surface area contributed by atoms with E-state index in [0.29, 0.717) is 6.42 Å². The summed E-state index contributed by atoms with van der Waals surface area (Å²) in [5, 5.41) is -0.0692. The Morgan fingerprint density at radius 1 is 1.37 bits per heavy atom. The molecule has 1 amide bonds. The van der Waals surface area contributed by atoms with Crippen LogP contribution in [0.1, 0.15) is 25.3 Å². The second-order valence-electron chi connectivity index (χ2n) is 4.09. The summed E-state index contributed by atoms with van der Waals surface area (Å²) in [5.41, 5.74) is 2.66. The number of hydrogen-bond acceptors (Lipinski definition) is 4. The standard InChI is InChI=1S/C13H18N2O3S/c1-2-6-12(13(16)15-14)19(17,18)10-9-11-7-4-3-5-8-11/h3-5,7-10,12H,2,6,14H2,1H3,(H,15,16). The fraction of sp³-hybridized carbons (Fsp3) is 0.308. The van der Waals surface area contributed by atoms with Gasteiger partial charge in [-0.05, 0) is 18.1 Å². The van der Waals surface area contributed by atoms with Crippen LogP contribution in [0.15, 0.2) is 35.7 Å².